The monoisotopic (exact) mass is 284 g/mol. The van der Waals surface area contributed by atoms with Crippen LogP contribution in [0.3, 0.4) is 0 Å². The van der Waals surface area contributed by atoms with Gasteiger partial charge in [0, 0.05) is 19.0 Å². The maximum absolute atomic E-state index is 12.0. The zero-order valence-corrected chi connectivity index (χ0v) is 13.2. The van der Waals surface area contributed by atoms with Crippen molar-refractivity contribution in [1.29, 1.82) is 0 Å². The van der Waals surface area contributed by atoms with Crippen molar-refractivity contribution < 1.29 is 4.79 Å². The molecule has 1 atom stereocenters. The Balaban J connectivity index is 1.70. The van der Waals surface area contributed by atoms with E-state index in [9.17, 15) is 4.79 Å². The van der Waals surface area contributed by atoms with Crippen molar-refractivity contribution in [3.63, 3.8) is 0 Å². The summed E-state index contributed by atoms with van der Waals surface area (Å²) in [4.78, 5) is 12.0. The van der Waals surface area contributed by atoms with Crippen LogP contribution in [0.5, 0.6) is 0 Å². The van der Waals surface area contributed by atoms with Gasteiger partial charge in [0.1, 0.15) is 0 Å². The predicted octanol–water partition coefficient (Wildman–Crippen LogP) is 2.41. The minimum absolute atomic E-state index is 0.250. The summed E-state index contributed by atoms with van der Waals surface area (Å²) in [5, 5.41) is 6.70. The molecule has 2 heterocycles. The molecule has 0 bridgehead atoms. The van der Waals surface area contributed by atoms with Crippen LogP contribution >= 0.6 is 11.8 Å². The fourth-order valence-corrected chi connectivity index (χ4v) is 4.32. The van der Waals surface area contributed by atoms with Crippen LogP contribution in [-0.2, 0) is 4.79 Å². The largest absolute Gasteiger partial charge is 0.355 e. The van der Waals surface area contributed by atoms with Gasteiger partial charge in [-0.25, -0.2) is 0 Å². The van der Waals surface area contributed by atoms with Crippen molar-refractivity contribution >= 4 is 17.7 Å². The molecule has 0 aromatic heterocycles. The summed E-state index contributed by atoms with van der Waals surface area (Å²) < 4.78 is 0. The molecular formula is C15H28N2OS. The number of rotatable bonds is 4. The highest BCUT2D eigenvalue weighted by atomic mass is 32.2. The molecule has 2 fully saturated rings. The summed E-state index contributed by atoms with van der Waals surface area (Å²) >= 11 is 2.02. The summed E-state index contributed by atoms with van der Waals surface area (Å²) in [7, 11) is 0. The second-order valence-corrected chi connectivity index (χ2v) is 7.89. The highest BCUT2D eigenvalue weighted by molar-refractivity contribution is 7.99. The average Bonchev–Trinajstić information content (AvgIpc) is 2.38. The lowest BCUT2D eigenvalue weighted by Crippen LogP contribution is -2.52. The number of nitrogens with one attached hydrogen (secondary N) is 2. The van der Waals surface area contributed by atoms with E-state index in [-0.39, 0.29) is 5.91 Å². The van der Waals surface area contributed by atoms with Crippen LogP contribution in [0.25, 0.3) is 0 Å². The Kier molecular flexibility index (Phi) is 5.58. The van der Waals surface area contributed by atoms with Crippen LogP contribution in [0.2, 0.25) is 0 Å². The highest BCUT2D eigenvalue weighted by Gasteiger charge is 2.32. The van der Waals surface area contributed by atoms with Crippen molar-refractivity contribution in [3.8, 4) is 0 Å². The fraction of sp³-hybridized carbons (Fsp3) is 0.933. The smallest absolute Gasteiger partial charge is 0.220 e. The first-order chi connectivity index (χ1) is 9.08. The second kappa shape index (κ2) is 6.98. The van der Waals surface area contributed by atoms with E-state index >= 15 is 0 Å². The lowest BCUT2D eigenvalue weighted by Gasteiger charge is -2.39. The summed E-state index contributed by atoms with van der Waals surface area (Å²) in [6, 6.07) is 0.423. The molecule has 0 spiro atoms. The maximum atomic E-state index is 12.0. The van der Waals surface area contributed by atoms with Gasteiger partial charge in [-0.05, 0) is 55.1 Å². The molecule has 2 aliphatic heterocycles. The summed E-state index contributed by atoms with van der Waals surface area (Å²) in [6.45, 7) is 6.47. The first-order valence-corrected chi connectivity index (χ1v) is 8.81. The van der Waals surface area contributed by atoms with Gasteiger partial charge in [-0.15, -0.1) is 0 Å². The Hall–Kier alpha value is -0.220. The first kappa shape index (κ1) is 15.2. The molecule has 0 aromatic rings. The molecule has 0 saturated carbocycles. The molecule has 2 N–H and O–H groups in total. The third kappa shape index (κ3) is 4.67. The van der Waals surface area contributed by atoms with E-state index in [0.717, 1.165) is 19.5 Å². The minimum Gasteiger partial charge on any atom is -0.355 e. The molecule has 2 rings (SSSR count). The molecule has 110 valence electrons. The van der Waals surface area contributed by atoms with Crippen molar-refractivity contribution in [2.24, 2.45) is 11.3 Å². The maximum Gasteiger partial charge on any atom is 0.220 e. The van der Waals surface area contributed by atoms with Gasteiger partial charge in [0.15, 0.2) is 0 Å². The van der Waals surface area contributed by atoms with E-state index < -0.39 is 0 Å². The lowest BCUT2D eigenvalue weighted by molar-refractivity contribution is -0.122. The van der Waals surface area contributed by atoms with Gasteiger partial charge in [0.05, 0.1) is 0 Å². The Bertz CT molecular complexity index is 301. The molecule has 1 amide bonds. The Labute approximate surface area is 121 Å². The van der Waals surface area contributed by atoms with Crippen LogP contribution < -0.4 is 10.6 Å². The number of hydrogen-bond donors (Lipinski definition) is 2. The zero-order chi connectivity index (χ0) is 13.7. The number of thioether (sulfide) groups is 1. The summed E-state index contributed by atoms with van der Waals surface area (Å²) in [6.07, 6.45) is 5.65. The van der Waals surface area contributed by atoms with Gasteiger partial charge in [0.2, 0.25) is 5.91 Å². The van der Waals surface area contributed by atoms with Crippen LogP contribution in [0, 0.1) is 11.3 Å². The summed E-state index contributed by atoms with van der Waals surface area (Å²) in [5.74, 6) is 3.33. The zero-order valence-electron chi connectivity index (χ0n) is 12.3. The normalized spacial score (nSPS) is 28.0. The van der Waals surface area contributed by atoms with E-state index in [1.54, 1.807) is 0 Å². The molecular weight excluding hydrogens is 256 g/mol. The van der Waals surface area contributed by atoms with E-state index in [2.05, 4.69) is 24.5 Å². The topological polar surface area (TPSA) is 41.1 Å². The lowest BCUT2D eigenvalue weighted by atomic mass is 9.77. The number of piperidine rings is 1. The number of hydrogen-bond acceptors (Lipinski definition) is 3. The quantitative estimate of drug-likeness (QED) is 0.833. The van der Waals surface area contributed by atoms with Gasteiger partial charge < -0.3 is 10.6 Å². The van der Waals surface area contributed by atoms with Gasteiger partial charge in [-0.2, -0.15) is 11.8 Å². The molecule has 3 nitrogen and oxygen atoms in total. The second-order valence-electron chi connectivity index (χ2n) is 6.66. The van der Waals surface area contributed by atoms with Gasteiger partial charge in [-0.1, -0.05) is 13.8 Å². The number of amides is 1. The Morgan fingerprint density at radius 1 is 1.37 bits per heavy atom. The minimum atomic E-state index is 0.250. The third-order valence-electron chi connectivity index (χ3n) is 4.65. The van der Waals surface area contributed by atoms with Gasteiger partial charge >= 0.3 is 0 Å². The molecule has 19 heavy (non-hydrogen) atoms. The van der Waals surface area contributed by atoms with E-state index in [4.69, 9.17) is 0 Å². The Morgan fingerprint density at radius 3 is 2.79 bits per heavy atom. The fourth-order valence-electron chi connectivity index (χ4n) is 3.12. The van der Waals surface area contributed by atoms with E-state index in [1.165, 1.54) is 37.2 Å². The highest BCUT2D eigenvalue weighted by Crippen LogP contribution is 2.29. The molecule has 1 unspecified atom stereocenters. The Morgan fingerprint density at radius 2 is 2.11 bits per heavy atom. The molecule has 0 radical (unpaired) electrons. The predicted molar refractivity (Wildman–Crippen MR) is 82.5 cm³/mol. The van der Waals surface area contributed by atoms with E-state index in [1.807, 2.05) is 11.8 Å². The van der Waals surface area contributed by atoms with E-state index in [0.29, 0.717) is 17.4 Å². The van der Waals surface area contributed by atoms with Crippen molar-refractivity contribution in [2.75, 3.05) is 24.6 Å². The molecule has 4 heteroatoms. The summed E-state index contributed by atoms with van der Waals surface area (Å²) in [5.41, 5.74) is 0.299. The van der Waals surface area contributed by atoms with Crippen molar-refractivity contribution in [2.45, 2.75) is 52.0 Å². The molecule has 2 saturated heterocycles. The first-order valence-electron chi connectivity index (χ1n) is 7.66. The van der Waals surface area contributed by atoms with Crippen molar-refractivity contribution in [1.82, 2.24) is 10.6 Å². The molecule has 0 aromatic carbocycles. The van der Waals surface area contributed by atoms with Crippen LogP contribution in [-0.4, -0.2) is 36.5 Å². The standard InChI is InChI=1S/C15H28N2OS/c1-15(2)6-3-7-16-13(15)11-17-14(18)10-12-4-8-19-9-5-12/h12-13,16H,3-11H2,1-2H3,(H,17,18). The number of carbonyl (C=O) groups excluding carboxylic acids is 1. The third-order valence-corrected chi connectivity index (χ3v) is 5.70. The average molecular weight is 284 g/mol. The van der Waals surface area contributed by atoms with Crippen LogP contribution in [0.1, 0.15) is 46.0 Å². The van der Waals surface area contributed by atoms with Crippen LogP contribution in [0.15, 0.2) is 0 Å². The molecule has 0 aliphatic carbocycles. The van der Waals surface area contributed by atoms with Crippen LogP contribution in [0.4, 0.5) is 0 Å². The van der Waals surface area contributed by atoms with Crippen molar-refractivity contribution in [3.05, 3.63) is 0 Å². The molecule has 2 aliphatic rings. The van der Waals surface area contributed by atoms with Gasteiger partial charge in [0.25, 0.3) is 0 Å². The number of carbonyl (C=O) groups is 1. The van der Waals surface area contributed by atoms with Gasteiger partial charge in [-0.3, -0.25) is 4.79 Å². The SMILES string of the molecule is CC1(C)CCCNC1CNC(=O)CC1CCSCC1.